The topological polar surface area (TPSA) is 101 Å². The fraction of sp³-hybridized carbons (Fsp3) is 0.462. The van der Waals surface area contributed by atoms with Crippen molar-refractivity contribution in [2.75, 3.05) is 33.0 Å². The van der Waals surface area contributed by atoms with E-state index in [-0.39, 0.29) is 25.2 Å². The molecule has 8 nitrogen and oxygen atoms in total. The summed E-state index contributed by atoms with van der Waals surface area (Å²) in [5.74, 6) is 0.896. The Bertz CT molecular complexity index is 918. The van der Waals surface area contributed by atoms with E-state index in [0.29, 0.717) is 44.2 Å². The Balaban J connectivity index is 1.68. The first kappa shape index (κ1) is 25.7. The van der Waals surface area contributed by atoms with Gasteiger partial charge in [0.05, 0.1) is 12.7 Å². The van der Waals surface area contributed by atoms with Crippen LogP contribution in [0.15, 0.2) is 59.6 Å². The Labute approximate surface area is 201 Å². The lowest BCUT2D eigenvalue weighted by molar-refractivity contribution is -0.127. The standard InChI is InChI=1S/C26H35N3O5/c1-20(2)32-16-6-14-27-29-25(31)26(18-21-8-4-3-5-9-21)19-34-24(28-26)22-10-12-23(13-11-22)33-17-7-15-30/h3-5,8-13,20,27,30H,6-7,14-19H2,1-2H3,(H,29,31)/t26-/m0/s1. The fourth-order valence-electron chi connectivity index (χ4n) is 3.50. The van der Waals surface area contributed by atoms with Crippen LogP contribution < -0.4 is 15.6 Å². The van der Waals surface area contributed by atoms with E-state index in [4.69, 9.17) is 24.3 Å². The van der Waals surface area contributed by atoms with E-state index in [0.717, 1.165) is 17.5 Å². The minimum atomic E-state index is -1.07. The molecule has 8 heteroatoms. The number of amides is 1. The summed E-state index contributed by atoms with van der Waals surface area (Å²) in [6.45, 7) is 5.90. The van der Waals surface area contributed by atoms with Gasteiger partial charge < -0.3 is 19.3 Å². The summed E-state index contributed by atoms with van der Waals surface area (Å²) >= 11 is 0. The number of aliphatic imine (C=N–C) groups is 1. The summed E-state index contributed by atoms with van der Waals surface area (Å²) in [7, 11) is 0. The van der Waals surface area contributed by atoms with Crippen molar-refractivity contribution in [1.29, 1.82) is 0 Å². The van der Waals surface area contributed by atoms with Gasteiger partial charge in [0.25, 0.3) is 5.91 Å². The van der Waals surface area contributed by atoms with Crippen LogP contribution in [0.2, 0.25) is 0 Å². The van der Waals surface area contributed by atoms with Gasteiger partial charge in [0.15, 0.2) is 5.54 Å². The van der Waals surface area contributed by atoms with E-state index in [1.165, 1.54) is 0 Å². The van der Waals surface area contributed by atoms with Crippen molar-refractivity contribution < 1.29 is 24.1 Å². The first-order valence-electron chi connectivity index (χ1n) is 11.8. The van der Waals surface area contributed by atoms with Crippen molar-refractivity contribution in [2.45, 2.75) is 44.8 Å². The molecule has 3 N–H and O–H groups in total. The van der Waals surface area contributed by atoms with Crippen LogP contribution >= 0.6 is 0 Å². The Hall–Kier alpha value is -2.94. The number of ether oxygens (including phenoxy) is 3. The highest BCUT2D eigenvalue weighted by molar-refractivity contribution is 6.00. The van der Waals surface area contributed by atoms with Crippen LogP contribution in [0.4, 0.5) is 0 Å². The highest BCUT2D eigenvalue weighted by Gasteiger charge is 2.44. The van der Waals surface area contributed by atoms with Crippen LogP contribution in [-0.2, 0) is 20.7 Å². The molecule has 3 rings (SSSR count). The first-order valence-corrected chi connectivity index (χ1v) is 11.8. The molecule has 0 unspecified atom stereocenters. The first-order chi connectivity index (χ1) is 16.5. The van der Waals surface area contributed by atoms with Gasteiger partial charge in [0, 0.05) is 38.2 Å². The van der Waals surface area contributed by atoms with E-state index in [1.54, 1.807) is 0 Å². The number of carbonyl (C=O) groups excluding carboxylic acids is 1. The number of carbonyl (C=O) groups is 1. The molecule has 1 aliphatic rings. The molecule has 2 aromatic carbocycles. The summed E-state index contributed by atoms with van der Waals surface area (Å²) in [4.78, 5) is 18.0. The van der Waals surface area contributed by atoms with Gasteiger partial charge in [-0.25, -0.2) is 10.4 Å². The molecule has 0 bridgehead atoms. The molecule has 1 atom stereocenters. The molecule has 0 radical (unpaired) electrons. The van der Waals surface area contributed by atoms with E-state index in [9.17, 15) is 4.79 Å². The van der Waals surface area contributed by atoms with Crippen molar-refractivity contribution in [3.63, 3.8) is 0 Å². The van der Waals surface area contributed by atoms with Crippen LogP contribution in [-0.4, -0.2) is 61.5 Å². The fourth-order valence-corrected chi connectivity index (χ4v) is 3.50. The predicted octanol–water partition coefficient (Wildman–Crippen LogP) is 2.64. The molecule has 1 aliphatic heterocycles. The molecule has 184 valence electrons. The molecule has 0 fully saturated rings. The van der Waals surface area contributed by atoms with Gasteiger partial charge in [-0.3, -0.25) is 10.2 Å². The van der Waals surface area contributed by atoms with E-state index >= 15 is 0 Å². The monoisotopic (exact) mass is 469 g/mol. The number of hydrogen-bond donors (Lipinski definition) is 3. The number of aliphatic hydroxyl groups excluding tert-OH is 1. The van der Waals surface area contributed by atoms with Crippen molar-refractivity contribution in [3.05, 3.63) is 65.7 Å². The smallest absolute Gasteiger partial charge is 0.266 e. The maximum Gasteiger partial charge on any atom is 0.266 e. The van der Waals surface area contributed by atoms with E-state index in [2.05, 4.69) is 10.9 Å². The van der Waals surface area contributed by atoms with Gasteiger partial charge in [0.2, 0.25) is 5.90 Å². The molecule has 2 aromatic rings. The van der Waals surface area contributed by atoms with Gasteiger partial charge in [-0.15, -0.1) is 0 Å². The zero-order chi connectivity index (χ0) is 24.2. The lowest BCUT2D eigenvalue weighted by atomic mass is 9.91. The summed E-state index contributed by atoms with van der Waals surface area (Å²) < 4.78 is 17.0. The molecule has 1 amide bonds. The SMILES string of the molecule is CC(C)OCCCNNC(=O)[C@]1(Cc2ccccc2)COC(c2ccc(OCCCO)cc2)=N1. The van der Waals surface area contributed by atoms with Crippen molar-refractivity contribution in [3.8, 4) is 5.75 Å². The summed E-state index contributed by atoms with van der Waals surface area (Å²) in [6, 6.07) is 17.2. The highest BCUT2D eigenvalue weighted by atomic mass is 16.5. The molecule has 0 spiro atoms. The second-order valence-corrected chi connectivity index (χ2v) is 8.50. The maximum absolute atomic E-state index is 13.3. The molecule has 0 aliphatic carbocycles. The van der Waals surface area contributed by atoms with Crippen LogP contribution in [0.5, 0.6) is 5.75 Å². The number of hydrogen-bond acceptors (Lipinski definition) is 7. The lowest BCUT2D eigenvalue weighted by Gasteiger charge is -2.23. The Morgan fingerprint density at radius 3 is 2.59 bits per heavy atom. The van der Waals surface area contributed by atoms with Gasteiger partial charge in [-0.05, 0) is 50.1 Å². The molecular formula is C26H35N3O5. The van der Waals surface area contributed by atoms with Gasteiger partial charge in [-0.1, -0.05) is 30.3 Å². The zero-order valence-corrected chi connectivity index (χ0v) is 20.0. The van der Waals surface area contributed by atoms with Crippen molar-refractivity contribution in [2.24, 2.45) is 4.99 Å². The average molecular weight is 470 g/mol. The molecular weight excluding hydrogens is 434 g/mol. The van der Waals surface area contributed by atoms with E-state index in [1.807, 2.05) is 68.4 Å². The van der Waals surface area contributed by atoms with Gasteiger partial charge in [-0.2, -0.15) is 0 Å². The van der Waals surface area contributed by atoms with Gasteiger partial charge in [0.1, 0.15) is 12.4 Å². The molecule has 34 heavy (non-hydrogen) atoms. The quantitative estimate of drug-likeness (QED) is 0.291. The Kier molecular flexibility index (Phi) is 9.88. The van der Waals surface area contributed by atoms with Crippen molar-refractivity contribution in [1.82, 2.24) is 10.9 Å². The zero-order valence-electron chi connectivity index (χ0n) is 20.0. The normalized spacial score (nSPS) is 17.4. The number of nitrogens with one attached hydrogen (secondary N) is 2. The van der Waals surface area contributed by atoms with Crippen LogP contribution in [0.1, 0.15) is 37.8 Å². The minimum absolute atomic E-state index is 0.0921. The van der Waals surface area contributed by atoms with Crippen LogP contribution in [0.25, 0.3) is 0 Å². The lowest BCUT2D eigenvalue weighted by Crippen LogP contribution is -2.53. The number of hydrazine groups is 1. The maximum atomic E-state index is 13.3. The van der Waals surface area contributed by atoms with E-state index < -0.39 is 5.54 Å². The minimum Gasteiger partial charge on any atom is -0.494 e. The average Bonchev–Trinajstić information content (AvgIpc) is 3.27. The third-order valence-corrected chi connectivity index (χ3v) is 5.30. The van der Waals surface area contributed by atoms with Crippen molar-refractivity contribution >= 4 is 11.8 Å². The molecule has 0 saturated heterocycles. The molecule has 0 aromatic heterocycles. The van der Waals surface area contributed by atoms with Crippen LogP contribution in [0, 0.1) is 0 Å². The summed E-state index contributed by atoms with van der Waals surface area (Å²) in [5.41, 5.74) is 6.51. The molecule has 1 heterocycles. The highest BCUT2D eigenvalue weighted by Crippen LogP contribution is 2.27. The number of aliphatic hydroxyl groups is 1. The Morgan fingerprint density at radius 2 is 1.88 bits per heavy atom. The summed E-state index contributed by atoms with van der Waals surface area (Å²) in [6.07, 6.45) is 1.97. The number of nitrogens with zero attached hydrogens (tertiary/aromatic N) is 1. The van der Waals surface area contributed by atoms with Crippen LogP contribution in [0.3, 0.4) is 0 Å². The largest absolute Gasteiger partial charge is 0.494 e. The van der Waals surface area contributed by atoms with Gasteiger partial charge >= 0.3 is 0 Å². The predicted molar refractivity (Wildman–Crippen MR) is 131 cm³/mol. The third kappa shape index (κ3) is 7.55. The second-order valence-electron chi connectivity index (χ2n) is 8.50. The number of benzene rings is 2. The Morgan fingerprint density at radius 1 is 1.12 bits per heavy atom. The third-order valence-electron chi connectivity index (χ3n) is 5.30. The molecule has 0 saturated carbocycles. The second kappa shape index (κ2) is 13.1. The summed E-state index contributed by atoms with van der Waals surface area (Å²) in [5, 5.41) is 8.89. The number of rotatable bonds is 14.